The van der Waals surface area contributed by atoms with Crippen molar-refractivity contribution in [3.05, 3.63) is 90.4 Å². The number of para-hydroxylation sites is 1. The number of benzene rings is 2. The molecule has 152 valence electrons. The van der Waals surface area contributed by atoms with Gasteiger partial charge in [0.15, 0.2) is 0 Å². The van der Waals surface area contributed by atoms with Gasteiger partial charge in [-0.2, -0.15) is 0 Å². The molecule has 0 saturated carbocycles. The Hall–Kier alpha value is -3.51. The molecule has 2 heterocycles. The van der Waals surface area contributed by atoms with Crippen molar-refractivity contribution in [3.63, 3.8) is 0 Å². The van der Waals surface area contributed by atoms with Crippen LogP contribution in [0.3, 0.4) is 0 Å². The van der Waals surface area contributed by atoms with Crippen LogP contribution < -0.4 is 10.2 Å². The van der Waals surface area contributed by atoms with Gasteiger partial charge in [0.05, 0.1) is 0 Å². The van der Waals surface area contributed by atoms with Gasteiger partial charge in [-0.25, -0.2) is 9.97 Å². The number of piperazine rings is 1. The lowest BCUT2D eigenvalue weighted by atomic mass is 10.2. The molecule has 1 aromatic heterocycles. The number of nitrogens with one attached hydrogen (secondary N) is 1. The van der Waals surface area contributed by atoms with E-state index < -0.39 is 0 Å². The largest absolute Gasteiger partial charge is 0.354 e. The number of amides is 1. The molecule has 1 fully saturated rings. The van der Waals surface area contributed by atoms with Gasteiger partial charge in [0.2, 0.25) is 0 Å². The van der Waals surface area contributed by atoms with E-state index in [-0.39, 0.29) is 5.91 Å². The lowest BCUT2D eigenvalue weighted by Crippen LogP contribution is -2.46. The van der Waals surface area contributed by atoms with Crippen molar-refractivity contribution in [2.24, 2.45) is 0 Å². The molecule has 0 spiro atoms. The van der Waals surface area contributed by atoms with Crippen LogP contribution in [0.1, 0.15) is 16.1 Å². The van der Waals surface area contributed by atoms with E-state index in [1.165, 1.54) is 11.9 Å². The summed E-state index contributed by atoms with van der Waals surface area (Å²) in [6.07, 6.45) is 5.83. The fraction of sp³-hybridized carbons (Fsp3) is 0.208. The lowest BCUT2D eigenvalue weighted by Gasteiger charge is -2.34. The molecule has 0 unspecified atom stereocenters. The summed E-state index contributed by atoms with van der Waals surface area (Å²) in [6, 6.07) is 21.5. The molecule has 2 aromatic carbocycles. The zero-order valence-corrected chi connectivity index (χ0v) is 16.8. The van der Waals surface area contributed by atoms with Crippen LogP contribution >= 0.6 is 0 Å². The highest BCUT2D eigenvalue weighted by Gasteiger charge is 2.19. The molecule has 6 nitrogen and oxygen atoms in total. The van der Waals surface area contributed by atoms with Crippen LogP contribution in [0.2, 0.25) is 0 Å². The quantitative estimate of drug-likeness (QED) is 0.687. The molecule has 0 atom stereocenters. The Morgan fingerprint density at radius 1 is 0.933 bits per heavy atom. The van der Waals surface area contributed by atoms with E-state index in [1.54, 1.807) is 6.07 Å². The summed E-state index contributed by atoms with van der Waals surface area (Å²) in [4.78, 5) is 25.7. The normalized spacial score (nSPS) is 14.7. The molecule has 0 aliphatic carbocycles. The Balaban J connectivity index is 1.31. The summed E-state index contributed by atoms with van der Waals surface area (Å²) >= 11 is 0. The van der Waals surface area contributed by atoms with E-state index in [0.29, 0.717) is 5.69 Å². The van der Waals surface area contributed by atoms with Crippen LogP contribution in [0.25, 0.3) is 6.08 Å². The third-order valence-corrected chi connectivity index (χ3v) is 5.09. The maximum absolute atomic E-state index is 12.5. The van der Waals surface area contributed by atoms with Crippen molar-refractivity contribution in [2.75, 3.05) is 42.9 Å². The predicted molar refractivity (Wildman–Crippen MR) is 121 cm³/mol. The fourth-order valence-corrected chi connectivity index (χ4v) is 3.42. The van der Waals surface area contributed by atoms with Gasteiger partial charge < -0.3 is 10.2 Å². The second kappa shape index (κ2) is 9.80. The third kappa shape index (κ3) is 5.30. The van der Waals surface area contributed by atoms with Crippen LogP contribution in [0.4, 0.5) is 11.5 Å². The minimum atomic E-state index is -0.227. The van der Waals surface area contributed by atoms with Crippen LogP contribution in [-0.4, -0.2) is 53.5 Å². The van der Waals surface area contributed by atoms with Crippen LogP contribution in [0.5, 0.6) is 0 Å². The molecule has 0 bridgehead atoms. The molecule has 3 aromatic rings. The maximum atomic E-state index is 12.5. The van der Waals surface area contributed by atoms with Gasteiger partial charge in [0.1, 0.15) is 17.8 Å². The Bertz CT molecular complexity index is 983. The highest BCUT2D eigenvalue weighted by atomic mass is 16.1. The molecule has 0 radical (unpaired) electrons. The summed E-state index contributed by atoms with van der Waals surface area (Å²) in [7, 11) is 0. The van der Waals surface area contributed by atoms with Crippen molar-refractivity contribution < 1.29 is 4.79 Å². The van der Waals surface area contributed by atoms with Gasteiger partial charge in [-0.15, -0.1) is 0 Å². The van der Waals surface area contributed by atoms with Crippen LogP contribution in [-0.2, 0) is 0 Å². The Morgan fingerprint density at radius 3 is 2.37 bits per heavy atom. The first-order chi connectivity index (χ1) is 14.8. The number of hydrogen-bond acceptors (Lipinski definition) is 5. The summed E-state index contributed by atoms with van der Waals surface area (Å²) < 4.78 is 0. The van der Waals surface area contributed by atoms with E-state index in [4.69, 9.17) is 0 Å². The molecular weight excluding hydrogens is 374 g/mol. The number of carbonyl (C=O) groups excluding carboxylic acids is 1. The average Bonchev–Trinajstić information content (AvgIpc) is 2.81. The molecule has 1 N–H and O–H groups in total. The monoisotopic (exact) mass is 399 g/mol. The maximum Gasteiger partial charge on any atom is 0.274 e. The van der Waals surface area contributed by atoms with Crippen molar-refractivity contribution in [3.8, 4) is 0 Å². The topological polar surface area (TPSA) is 61.4 Å². The summed E-state index contributed by atoms with van der Waals surface area (Å²) in [5.41, 5.74) is 2.34. The van der Waals surface area contributed by atoms with Crippen LogP contribution in [0.15, 0.2) is 79.1 Å². The van der Waals surface area contributed by atoms with Crippen molar-refractivity contribution in [2.45, 2.75) is 0 Å². The van der Waals surface area contributed by atoms with Crippen molar-refractivity contribution in [1.29, 1.82) is 0 Å². The van der Waals surface area contributed by atoms with E-state index in [1.807, 2.05) is 36.4 Å². The number of rotatable bonds is 6. The first-order valence-electron chi connectivity index (χ1n) is 10.2. The second-order valence-corrected chi connectivity index (χ2v) is 7.18. The molecule has 1 amide bonds. The van der Waals surface area contributed by atoms with E-state index in [2.05, 4.69) is 61.5 Å². The van der Waals surface area contributed by atoms with Gasteiger partial charge in [0, 0.05) is 44.5 Å². The van der Waals surface area contributed by atoms with Gasteiger partial charge in [-0.05, 0) is 17.7 Å². The van der Waals surface area contributed by atoms with Gasteiger partial charge in [0.25, 0.3) is 5.91 Å². The van der Waals surface area contributed by atoms with Crippen LogP contribution in [0, 0.1) is 0 Å². The summed E-state index contributed by atoms with van der Waals surface area (Å²) in [5.74, 6) is 0.567. The minimum Gasteiger partial charge on any atom is -0.354 e. The van der Waals surface area contributed by atoms with E-state index in [9.17, 15) is 4.79 Å². The number of anilines is 2. The number of hydrogen-bond donors (Lipinski definition) is 1. The number of nitrogens with zero attached hydrogens (tertiary/aromatic N) is 4. The zero-order valence-electron chi connectivity index (χ0n) is 16.8. The lowest BCUT2D eigenvalue weighted by molar-refractivity contribution is 0.102. The molecule has 1 aliphatic rings. The highest BCUT2D eigenvalue weighted by molar-refractivity contribution is 6.03. The standard InChI is InChI=1S/C24H25N5O/c30-24(27-21-11-5-2-6-12-21)22-18-23(26-19-25-22)29-16-14-28(15-17-29)13-7-10-20-8-3-1-4-9-20/h1-12,18-19H,13-17H2,(H,27,30)/b10-7+. The zero-order chi connectivity index (χ0) is 20.6. The molecule has 1 saturated heterocycles. The SMILES string of the molecule is O=C(Nc1ccccc1)c1cc(N2CCN(C/C=C/c3ccccc3)CC2)ncn1. The first-order valence-corrected chi connectivity index (χ1v) is 10.2. The first kappa shape index (κ1) is 19.8. The summed E-state index contributed by atoms with van der Waals surface area (Å²) in [6.45, 7) is 4.58. The smallest absolute Gasteiger partial charge is 0.274 e. The van der Waals surface area contributed by atoms with Crippen molar-refractivity contribution in [1.82, 2.24) is 14.9 Å². The number of carbonyl (C=O) groups is 1. The predicted octanol–water partition coefficient (Wildman–Crippen LogP) is 3.56. The third-order valence-electron chi connectivity index (χ3n) is 5.09. The second-order valence-electron chi connectivity index (χ2n) is 7.18. The molecular formula is C24H25N5O. The highest BCUT2D eigenvalue weighted by Crippen LogP contribution is 2.15. The Kier molecular flexibility index (Phi) is 6.47. The van der Waals surface area contributed by atoms with Gasteiger partial charge >= 0.3 is 0 Å². The van der Waals surface area contributed by atoms with E-state index in [0.717, 1.165) is 44.2 Å². The van der Waals surface area contributed by atoms with E-state index >= 15 is 0 Å². The molecule has 1 aliphatic heterocycles. The molecule has 6 heteroatoms. The van der Waals surface area contributed by atoms with Gasteiger partial charge in [-0.3, -0.25) is 9.69 Å². The average molecular weight is 399 g/mol. The summed E-state index contributed by atoms with van der Waals surface area (Å²) in [5, 5.41) is 2.87. The minimum absolute atomic E-state index is 0.227. The van der Waals surface area contributed by atoms with Crippen molar-refractivity contribution >= 4 is 23.5 Å². The van der Waals surface area contributed by atoms with Gasteiger partial charge in [-0.1, -0.05) is 60.7 Å². The Morgan fingerprint density at radius 2 is 1.63 bits per heavy atom. The molecule has 30 heavy (non-hydrogen) atoms. The Labute approximate surface area is 176 Å². The number of aromatic nitrogens is 2. The fourth-order valence-electron chi connectivity index (χ4n) is 3.42. The molecule has 4 rings (SSSR count).